The van der Waals surface area contributed by atoms with Crippen LogP contribution in [0.4, 0.5) is 0 Å². The van der Waals surface area contributed by atoms with Crippen molar-refractivity contribution >= 4 is 43.6 Å². The number of aromatic nitrogens is 4. The lowest BCUT2D eigenvalue weighted by Crippen LogP contribution is -2.35. The number of benzene rings is 8. The number of fused-ring (bicyclic) bond motifs is 6. The van der Waals surface area contributed by atoms with Gasteiger partial charge in [-0.15, -0.1) is 0 Å². The Hall–Kier alpha value is -8.60. The van der Waals surface area contributed by atoms with E-state index in [2.05, 4.69) is 268 Å². The van der Waals surface area contributed by atoms with E-state index in [0.717, 1.165) is 47.3 Å². The van der Waals surface area contributed by atoms with E-state index in [1.807, 2.05) is 55.4 Å². The van der Waals surface area contributed by atoms with Crippen molar-refractivity contribution in [2.45, 2.75) is 196 Å². The van der Waals surface area contributed by atoms with Crippen molar-refractivity contribution in [2.75, 3.05) is 0 Å². The van der Waals surface area contributed by atoms with Crippen molar-refractivity contribution in [1.29, 1.82) is 0 Å². The van der Waals surface area contributed by atoms with E-state index in [1.165, 1.54) is 194 Å². The van der Waals surface area contributed by atoms with Crippen molar-refractivity contribution in [3.05, 3.63) is 261 Å². The zero-order valence-electron chi connectivity index (χ0n) is 64.1. The Morgan fingerprint density at radius 1 is 0.277 bits per heavy atom. The van der Waals surface area contributed by atoms with Crippen molar-refractivity contribution in [2.24, 2.45) is 45.9 Å². The number of hydrogen-bond acceptors (Lipinski definition) is 0. The summed E-state index contributed by atoms with van der Waals surface area (Å²) < 4.78 is 9.48. The first kappa shape index (κ1) is 70.8. The average Bonchev–Trinajstić information content (AvgIpc) is 0.753. The molecule has 4 fully saturated rings. The van der Waals surface area contributed by atoms with E-state index in [-0.39, 0.29) is 0 Å². The van der Waals surface area contributed by atoms with E-state index in [4.69, 9.17) is 0 Å². The molecular weight excluding hydrogens is 1220 g/mol. The number of rotatable bonds is 4. The van der Waals surface area contributed by atoms with Gasteiger partial charge in [-0.2, -0.15) is 18.3 Å². The standard InChI is InChI=1S/C23H24N.3C22H22N.4C2H6/c1-15-7-13-19-16-8-10-18(11-9-16)23(19)22(15)21-14-12-17-5-3-4-6-20(17)24(21)2;1-14-7-9-18-17-11-15(12-17)13-19(18)22(14)21-10-8-16-5-3-4-6-20(16)23(21)2;1-14-9-20-17-10-15(11-17)12-18(20)13-19(14)22-8-7-16-5-3-4-6-21(16)23(22)2;1-14-7-8-17-11-15-12-18(13-15)22(17)21(14)20-10-9-16-5-3-4-6-19(16)23(20)2;4*1-2/h3-7,12-14,16,18H,8-11H2,1-2H3;3-10,15,17H,11-13H2,1-2H3;3-9,13,15,17H,10-12H2,1-2H3;3-10,15,18H,11-13H2,1-2H3;4*1-2H3/q4*+1;;;;. The van der Waals surface area contributed by atoms with E-state index in [0.29, 0.717) is 0 Å². The Morgan fingerprint density at radius 3 is 1.14 bits per heavy atom. The Labute approximate surface area is 606 Å². The number of para-hydroxylation sites is 4. The van der Waals surface area contributed by atoms with Crippen LogP contribution in [0.1, 0.15) is 216 Å². The minimum atomic E-state index is 0.770. The van der Waals surface area contributed by atoms with E-state index < -0.39 is 0 Å². The molecule has 0 saturated heterocycles. The predicted octanol–water partition coefficient (Wildman–Crippen LogP) is 23.6. The summed E-state index contributed by atoms with van der Waals surface area (Å²) in [6.45, 7) is 25.1. The Bertz CT molecular complexity index is 5000. The van der Waals surface area contributed by atoms with Gasteiger partial charge in [0.25, 0.3) is 0 Å². The highest BCUT2D eigenvalue weighted by molar-refractivity contribution is 5.83. The van der Waals surface area contributed by atoms with E-state index in [9.17, 15) is 0 Å². The molecule has 101 heavy (non-hydrogen) atoms. The predicted molar refractivity (Wildman–Crippen MR) is 428 cm³/mol. The second-order valence-electron chi connectivity index (χ2n) is 29.9. The van der Waals surface area contributed by atoms with Gasteiger partial charge in [-0.3, -0.25) is 0 Å². The van der Waals surface area contributed by atoms with Gasteiger partial charge in [0, 0.05) is 75.6 Å². The summed E-state index contributed by atoms with van der Waals surface area (Å²) in [7, 11) is 8.83. The monoisotopic (exact) mass is 1330 g/mol. The molecule has 0 radical (unpaired) electrons. The molecule has 8 bridgehead atoms. The lowest BCUT2D eigenvalue weighted by Gasteiger charge is -2.43. The Kier molecular flexibility index (Phi) is 21.4. The van der Waals surface area contributed by atoms with Gasteiger partial charge in [0.15, 0.2) is 0 Å². The second-order valence-corrected chi connectivity index (χ2v) is 29.9. The number of pyridine rings is 4. The van der Waals surface area contributed by atoms with Crippen molar-refractivity contribution in [3.63, 3.8) is 0 Å². The van der Waals surface area contributed by atoms with Crippen molar-refractivity contribution in [3.8, 4) is 45.0 Å². The zero-order chi connectivity index (χ0) is 70.9. The normalized spacial score (nSPS) is 20.4. The maximum atomic E-state index is 2.48. The van der Waals surface area contributed by atoms with Crippen molar-refractivity contribution in [1.82, 2.24) is 0 Å². The summed E-state index contributed by atoms with van der Waals surface area (Å²) in [6.07, 6.45) is 17.9. The molecular formula is C97H114N4+4. The van der Waals surface area contributed by atoms with Crippen LogP contribution in [0, 0.1) is 45.4 Å². The molecule has 0 amide bonds. The SMILES string of the molecule is CC.CC.CC.CC.Cc1cc2c(cc1-c1ccc3ccccc3[n+]1C)CC1CC2C1.Cc1ccc2c(c1-c1ccc3ccccc3[n+]1C)C1CC(C2)C1.Cc1ccc2c(c1-c1ccc3ccccc3[n+]1C)C1CCC2CC1.Cc1ccc2c(c1-c1ccc3ccccc3[n+]1C)CC1CC2C1. The molecule has 0 aliphatic heterocycles. The van der Waals surface area contributed by atoms with Gasteiger partial charge in [0.1, 0.15) is 28.2 Å². The molecule has 24 rings (SSSR count). The molecule has 12 aromatic rings. The highest BCUT2D eigenvalue weighted by Gasteiger charge is 2.43. The van der Waals surface area contributed by atoms with Gasteiger partial charge >= 0.3 is 0 Å². The molecule has 4 heterocycles. The molecule has 4 heteroatoms. The summed E-state index contributed by atoms with van der Waals surface area (Å²) in [6, 6.07) is 72.1. The second kappa shape index (κ2) is 30.5. The number of nitrogens with zero attached hydrogens (tertiary/aromatic N) is 4. The summed E-state index contributed by atoms with van der Waals surface area (Å²) in [5.74, 6) is 6.88. The summed E-state index contributed by atoms with van der Waals surface area (Å²) in [5.41, 5.74) is 35.3. The summed E-state index contributed by atoms with van der Waals surface area (Å²) in [5, 5.41) is 5.23. The smallest absolute Gasteiger partial charge is 0.194 e. The van der Waals surface area contributed by atoms with Crippen LogP contribution in [0.2, 0.25) is 0 Å². The average molecular weight is 1340 g/mol. The lowest BCUT2D eigenvalue weighted by atomic mass is 9.61. The van der Waals surface area contributed by atoms with Gasteiger partial charge in [-0.05, 0) is 280 Å². The third-order valence-electron chi connectivity index (χ3n) is 24.5. The Balaban J connectivity index is 0.000000116. The largest absolute Gasteiger partial charge is 0.213 e. The van der Waals surface area contributed by atoms with Crippen LogP contribution in [0.25, 0.3) is 88.6 Å². The van der Waals surface area contributed by atoms with E-state index in [1.54, 1.807) is 44.5 Å². The molecule has 0 spiro atoms. The molecule has 12 aliphatic carbocycles. The van der Waals surface area contributed by atoms with Crippen LogP contribution in [-0.4, -0.2) is 0 Å². The zero-order valence-corrected chi connectivity index (χ0v) is 64.1. The molecule has 4 aromatic heterocycles. The first-order valence-electron chi connectivity index (χ1n) is 39.4. The third-order valence-corrected chi connectivity index (χ3v) is 24.5. The molecule has 12 aliphatic rings. The molecule has 518 valence electrons. The topological polar surface area (TPSA) is 15.5 Å². The van der Waals surface area contributed by atoms with E-state index >= 15 is 0 Å². The lowest BCUT2D eigenvalue weighted by molar-refractivity contribution is -0.633. The summed E-state index contributed by atoms with van der Waals surface area (Å²) in [4.78, 5) is 0. The highest BCUT2D eigenvalue weighted by atomic mass is 15.0. The first-order valence-corrected chi connectivity index (χ1v) is 39.4. The van der Waals surface area contributed by atoms with Crippen LogP contribution in [-0.2, 0) is 47.5 Å². The number of hydrogen-bond donors (Lipinski definition) is 0. The van der Waals surface area contributed by atoms with Crippen LogP contribution in [0.3, 0.4) is 0 Å². The first-order chi connectivity index (χ1) is 49.4. The highest BCUT2D eigenvalue weighted by Crippen LogP contribution is 2.56. The fourth-order valence-electron chi connectivity index (χ4n) is 19.4. The van der Waals surface area contributed by atoms with Gasteiger partial charge in [-0.25, -0.2) is 0 Å². The number of aryl methyl sites for hydroxylation is 8. The molecule has 8 aromatic carbocycles. The van der Waals surface area contributed by atoms with Crippen LogP contribution < -0.4 is 18.3 Å². The molecule has 0 N–H and O–H groups in total. The van der Waals surface area contributed by atoms with Crippen LogP contribution >= 0.6 is 0 Å². The molecule has 0 unspecified atom stereocenters. The minimum Gasteiger partial charge on any atom is -0.194 e. The molecule has 4 saturated carbocycles. The minimum absolute atomic E-state index is 0.770. The van der Waals surface area contributed by atoms with Crippen molar-refractivity contribution < 1.29 is 18.3 Å². The third kappa shape index (κ3) is 13.1. The fourth-order valence-corrected chi connectivity index (χ4v) is 19.4. The van der Waals surface area contributed by atoms with Gasteiger partial charge in [0.05, 0.1) is 16.7 Å². The van der Waals surface area contributed by atoms with Gasteiger partial charge in [-0.1, -0.05) is 146 Å². The van der Waals surface area contributed by atoms with Crippen LogP contribution in [0.5, 0.6) is 0 Å². The fraction of sp³-hybridized carbons (Fsp3) is 0.381. The maximum absolute atomic E-state index is 2.48. The molecule has 0 atom stereocenters. The Morgan fingerprint density at radius 2 is 0.644 bits per heavy atom. The van der Waals surface area contributed by atoms with Gasteiger partial charge in [0.2, 0.25) is 44.8 Å². The quantitative estimate of drug-likeness (QED) is 0.156. The maximum Gasteiger partial charge on any atom is 0.213 e. The summed E-state index contributed by atoms with van der Waals surface area (Å²) >= 11 is 0. The molecule has 4 nitrogen and oxygen atoms in total. The van der Waals surface area contributed by atoms with Crippen LogP contribution in [0.15, 0.2) is 194 Å². The van der Waals surface area contributed by atoms with Gasteiger partial charge < -0.3 is 0 Å².